The highest BCUT2D eigenvalue weighted by atomic mass is 15.2. The third-order valence-corrected chi connectivity index (χ3v) is 5.53. The average Bonchev–Trinajstić information content (AvgIpc) is 2.54. The van der Waals surface area contributed by atoms with Crippen LogP contribution in [0.3, 0.4) is 0 Å². The number of hydrogen-bond donors (Lipinski definition) is 1. The molecule has 2 nitrogen and oxygen atoms in total. The van der Waals surface area contributed by atoms with Crippen molar-refractivity contribution in [2.75, 3.05) is 19.6 Å². The predicted molar refractivity (Wildman–Crippen MR) is 92.8 cm³/mol. The molecule has 0 bridgehead atoms. The Labute approximate surface area is 133 Å². The first kappa shape index (κ1) is 17.3. The Kier molecular flexibility index (Phi) is 8.10. The lowest BCUT2D eigenvalue weighted by atomic mass is 9.88. The van der Waals surface area contributed by atoms with Crippen LogP contribution in [0.4, 0.5) is 0 Å². The fraction of sp³-hybridized carbons (Fsp3) is 1.00. The third kappa shape index (κ3) is 5.90. The Hall–Kier alpha value is -0.0800. The number of nitrogens with one attached hydrogen (secondary N) is 1. The molecule has 21 heavy (non-hydrogen) atoms. The van der Waals surface area contributed by atoms with Gasteiger partial charge in [0.25, 0.3) is 0 Å². The molecule has 1 N–H and O–H groups in total. The molecule has 2 saturated carbocycles. The molecule has 0 saturated heterocycles. The summed E-state index contributed by atoms with van der Waals surface area (Å²) in [6.45, 7) is 8.41. The van der Waals surface area contributed by atoms with Crippen LogP contribution in [0.25, 0.3) is 0 Å². The molecule has 124 valence electrons. The minimum atomic E-state index is 0.792. The first-order valence-electron chi connectivity index (χ1n) is 9.77. The Balaban J connectivity index is 1.87. The molecule has 1 atom stereocenters. The van der Waals surface area contributed by atoms with Crippen LogP contribution in [0.1, 0.15) is 84.5 Å². The van der Waals surface area contributed by atoms with Crippen LogP contribution >= 0.6 is 0 Å². The van der Waals surface area contributed by atoms with Crippen molar-refractivity contribution in [3.63, 3.8) is 0 Å². The molecule has 1 unspecified atom stereocenters. The molecule has 0 amide bonds. The van der Waals surface area contributed by atoms with E-state index in [0.29, 0.717) is 0 Å². The zero-order chi connectivity index (χ0) is 14.9. The third-order valence-electron chi connectivity index (χ3n) is 5.53. The highest BCUT2D eigenvalue weighted by Crippen LogP contribution is 2.30. The van der Waals surface area contributed by atoms with Gasteiger partial charge >= 0.3 is 0 Å². The molecule has 2 aliphatic carbocycles. The first-order valence-corrected chi connectivity index (χ1v) is 9.77. The zero-order valence-corrected chi connectivity index (χ0v) is 14.6. The second kappa shape index (κ2) is 9.84. The molecule has 2 fully saturated rings. The molecule has 0 aliphatic heterocycles. The molecule has 0 heterocycles. The van der Waals surface area contributed by atoms with Gasteiger partial charge in [0.1, 0.15) is 0 Å². The summed E-state index contributed by atoms with van der Waals surface area (Å²) < 4.78 is 0. The van der Waals surface area contributed by atoms with Gasteiger partial charge in [-0.1, -0.05) is 52.4 Å². The maximum absolute atomic E-state index is 3.62. The van der Waals surface area contributed by atoms with Gasteiger partial charge in [-0.05, 0) is 51.1 Å². The van der Waals surface area contributed by atoms with Crippen molar-refractivity contribution >= 4 is 0 Å². The highest BCUT2D eigenvalue weighted by molar-refractivity contribution is 4.85. The van der Waals surface area contributed by atoms with Gasteiger partial charge < -0.3 is 5.32 Å². The van der Waals surface area contributed by atoms with Gasteiger partial charge in [0, 0.05) is 18.6 Å². The normalized spacial score (nSPS) is 23.6. The summed E-state index contributed by atoms with van der Waals surface area (Å²) in [6, 6.07) is 1.80. The van der Waals surface area contributed by atoms with E-state index >= 15 is 0 Å². The summed E-state index contributed by atoms with van der Waals surface area (Å²) in [7, 11) is 0. The highest BCUT2D eigenvalue weighted by Gasteiger charge is 2.29. The van der Waals surface area contributed by atoms with Crippen LogP contribution < -0.4 is 5.32 Å². The Bertz CT molecular complexity index is 236. The van der Waals surface area contributed by atoms with Gasteiger partial charge in [0.05, 0.1) is 0 Å². The molecule has 2 heteroatoms. The molecule has 0 spiro atoms. The molecule has 0 aromatic rings. The van der Waals surface area contributed by atoms with Crippen molar-refractivity contribution in [3.8, 4) is 0 Å². The van der Waals surface area contributed by atoms with Crippen LogP contribution in [0.2, 0.25) is 0 Å². The van der Waals surface area contributed by atoms with Crippen molar-refractivity contribution in [1.29, 1.82) is 0 Å². The smallest absolute Gasteiger partial charge is 0.00983 e. The summed E-state index contributed by atoms with van der Waals surface area (Å²) in [6.07, 6.45) is 15.9. The molecular formula is C19H38N2. The molecule has 2 rings (SSSR count). The SMILES string of the molecule is CCCNCC(C)CN(C1CCCCC1)C1CCCCC1. The Morgan fingerprint density at radius 1 is 0.905 bits per heavy atom. The van der Waals surface area contributed by atoms with Gasteiger partial charge in [0.15, 0.2) is 0 Å². The topological polar surface area (TPSA) is 15.3 Å². The van der Waals surface area contributed by atoms with Gasteiger partial charge in [-0.3, -0.25) is 4.90 Å². The van der Waals surface area contributed by atoms with E-state index in [9.17, 15) is 0 Å². The maximum Gasteiger partial charge on any atom is 0.00983 e. The number of hydrogen-bond acceptors (Lipinski definition) is 2. The van der Waals surface area contributed by atoms with E-state index in [2.05, 4.69) is 24.1 Å². The van der Waals surface area contributed by atoms with Gasteiger partial charge in [-0.25, -0.2) is 0 Å². The van der Waals surface area contributed by atoms with E-state index < -0.39 is 0 Å². The van der Waals surface area contributed by atoms with Crippen molar-refractivity contribution < 1.29 is 0 Å². The van der Waals surface area contributed by atoms with Gasteiger partial charge in [-0.2, -0.15) is 0 Å². The van der Waals surface area contributed by atoms with Crippen LogP contribution in [-0.2, 0) is 0 Å². The van der Waals surface area contributed by atoms with Crippen molar-refractivity contribution in [2.45, 2.75) is 96.6 Å². The quantitative estimate of drug-likeness (QED) is 0.659. The van der Waals surface area contributed by atoms with Crippen molar-refractivity contribution in [2.24, 2.45) is 5.92 Å². The van der Waals surface area contributed by atoms with Crippen molar-refractivity contribution in [1.82, 2.24) is 10.2 Å². The summed E-state index contributed by atoms with van der Waals surface area (Å²) in [4.78, 5) is 2.95. The lowest BCUT2D eigenvalue weighted by molar-refractivity contribution is 0.0665. The van der Waals surface area contributed by atoms with Gasteiger partial charge in [-0.15, -0.1) is 0 Å². The molecular weight excluding hydrogens is 256 g/mol. The second-order valence-electron chi connectivity index (χ2n) is 7.59. The first-order chi connectivity index (χ1) is 10.3. The summed E-state index contributed by atoms with van der Waals surface area (Å²) in [5.41, 5.74) is 0. The van der Waals surface area contributed by atoms with Crippen molar-refractivity contribution in [3.05, 3.63) is 0 Å². The predicted octanol–water partition coefficient (Wildman–Crippen LogP) is 4.59. The lowest BCUT2D eigenvalue weighted by Crippen LogP contribution is -2.48. The Morgan fingerprint density at radius 2 is 1.43 bits per heavy atom. The monoisotopic (exact) mass is 294 g/mol. The second-order valence-corrected chi connectivity index (χ2v) is 7.59. The van der Waals surface area contributed by atoms with E-state index in [0.717, 1.165) is 18.0 Å². The molecule has 0 radical (unpaired) electrons. The van der Waals surface area contributed by atoms with E-state index in [-0.39, 0.29) is 0 Å². The fourth-order valence-corrected chi connectivity index (χ4v) is 4.37. The average molecular weight is 295 g/mol. The van der Waals surface area contributed by atoms with Crippen LogP contribution in [0.5, 0.6) is 0 Å². The van der Waals surface area contributed by atoms with E-state index in [1.807, 2.05) is 0 Å². The van der Waals surface area contributed by atoms with E-state index in [1.54, 1.807) is 0 Å². The Morgan fingerprint density at radius 3 is 1.90 bits per heavy atom. The van der Waals surface area contributed by atoms with E-state index in [4.69, 9.17) is 0 Å². The lowest BCUT2D eigenvalue weighted by Gasteiger charge is -2.43. The van der Waals surface area contributed by atoms with Gasteiger partial charge in [0.2, 0.25) is 0 Å². The van der Waals surface area contributed by atoms with Crippen LogP contribution in [0, 0.1) is 5.92 Å². The summed E-state index contributed by atoms with van der Waals surface area (Å²) in [5, 5.41) is 3.62. The largest absolute Gasteiger partial charge is 0.316 e. The molecule has 2 aliphatic rings. The molecule has 0 aromatic heterocycles. The standard InChI is InChI=1S/C19H38N2/c1-3-14-20-15-17(2)16-21(18-10-6-4-7-11-18)19-12-8-5-9-13-19/h17-20H,3-16H2,1-2H3. The number of rotatable bonds is 8. The fourth-order valence-electron chi connectivity index (χ4n) is 4.37. The summed E-state index contributed by atoms with van der Waals surface area (Å²) in [5.74, 6) is 0.792. The molecule has 0 aromatic carbocycles. The summed E-state index contributed by atoms with van der Waals surface area (Å²) >= 11 is 0. The number of nitrogens with zero attached hydrogens (tertiary/aromatic N) is 1. The van der Waals surface area contributed by atoms with E-state index in [1.165, 1.54) is 90.3 Å². The van der Waals surface area contributed by atoms with Crippen LogP contribution in [0.15, 0.2) is 0 Å². The minimum absolute atomic E-state index is 0.792. The maximum atomic E-state index is 3.62. The minimum Gasteiger partial charge on any atom is -0.316 e. The van der Waals surface area contributed by atoms with Crippen LogP contribution in [-0.4, -0.2) is 36.6 Å². The zero-order valence-electron chi connectivity index (χ0n) is 14.6.